The minimum atomic E-state index is -1.66. The summed E-state index contributed by atoms with van der Waals surface area (Å²) in [6.07, 6.45) is 4.40. The van der Waals surface area contributed by atoms with Crippen molar-refractivity contribution in [1.29, 1.82) is 0 Å². The zero-order valence-electron chi connectivity index (χ0n) is 20.2. The lowest BCUT2D eigenvalue weighted by Gasteiger charge is -2.45. The van der Waals surface area contributed by atoms with Crippen LogP contribution in [0.15, 0.2) is 47.0 Å². The lowest BCUT2D eigenvalue weighted by Crippen LogP contribution is -2.68. The van der Waals surface area contributed by atoms with Crippen molar-refractivity contribution in [3.63, 3.8) is 0 Å². The lowest BCUT2D eigenvalue weighted by atomic mass is 9.92. The maximum absolute atomic E-state index is 12.9. The Hall–Kier alpha value is -4.36. The summed E-state index contributed by atoms with van der Waals surface area (Å²) < 4.78 is 1.48. The fourth-order valence-corrected chi connectivity index (χ4v) is 4.74. The fourth-order valence-electron chi connectivity index (χ4n) is 4.12. The van der Waals surface area contributed by atoms with Gasteiger partial charge in [-0.3, -0.25) is 14.2 Å². The Balaban J connectivity index is 1.43. The van der Waals surface area contributed by atoms with E-state index in [0.29, 0.717) is 22.3 Å². The largest absolute Gasteiger partial charge is 0.477 e. The number of amides is 1. The van der Waals surface area contributed by atoms with E-state index >= 15 is 0 Å². The smallest absolute Gasteiger partial charge is 0.341 e. The molecule has 1 amide bonds. The van der Waals surface area contributed by atoms with Crippen LogP contribution >= 0.6 is 11.3 Å². The molecule has 5 heterocycles. The topological polar surface area (TPSA) is 154 Å². The first-order chi connectivity index (χ1) is 17.6. The molecule has 0 atom stereocenters. The summed E-state index contributed by atoms with van der Waals surface area (Å²) in [7, 11) is 3.76. The van der Waals surface area contributed by atoms with Crippen LogP contribution in [0.4, 0.5) is 17.3 Å². The Bertz CT molecular complexity index is 1580. The molecule has 0 radical (unpaired) electrons. The van der Waals surface area contributed by atoms with Gasteiger partial charge in [-0.05, 0) is 30.7 Å². The molecule has 0 saturated carbocycles. The van der Waals surface area contributed by atoms with E-state index in [9.17, 15) is 24.6 Å². The van der Waals surface area contributed by atoms with Gasteiger partial charge in [0.1, 0.15) is 17.2 Å². The Labute approximate surface area is 214 Å². The number of aromatic nitrogens is 4. The Morgan fingerprint density at radius 2 is 1.97 bits per heavy atom. The molecule has 1 fully saturated rings. The molecule has 0 aromatic carbocycles. The number of carboxylic acid groups (broad SMARTS) is 1. The Kier molecular flexibility index (Phi) is 5.88. The normalized spacial score (nSPS) is 14.3. The minimum absolute atomic E-state index is 0.0265. The van der Waals surface area contributed by atoms with Gasteiger partial charge in [0.25, 0.3) is 5.91 Å². The van der Waals surface area contributed by atoms with E-state index in [2.05, 4.69) is 20.3 Å². The molecule has 0 aliphatic carbocycles. The molecule has 1 aliphatic heterocycles. The van der Waals surface area contributed by atoms with Gasteiger partial charge >= 0.3 is 5.97 Å². The quantitative estimate of drug-likeness (QED) is 0.340. The average molecular weight is 522 g/mol. The highest BCUT2D eigenvalue weighted by atomic mass is 32.1. The van der Waals surface area contributed by atoms with Crippen LogP contribution in [-0.4, -0.2) is 74.4 Å². The molecule has 0 spiro atoms. The number of aryl methyl sites for hydroxylation is 1. The van der Waals surface area contributed by atoms with Crippen LogP contribution in [0.25, 0.3) is 16.2 Å². The number of carboxylic acids is 1. The summed E-state index contributed by atoms with van der Waals surface area (Å²) in [5.41, 5.74) is -1.06. The van der Waals surface area contributed by atoms with Crippen LogP contribution in [0, 0.1) is 6.92 Å². The van der Waals surface area contributed by atoms with E-state index in [1.165, 1.54) is 22.1 Å². The molecular formula is C24H23N7O5S. The van der Waals surface area contributed by atoms with Crippen molar-refractivity contribution < 1.29 is 19.8 Å². The minimum Gasteiger partial charge on any atom is -0.477 e. The molecule has 13 heteroatoms. The molecular weight excluding hydrogens is 498 g/mol. The first-order valence-electron chi connectivity index (χ1n) is 11.2. The monoisotopic (exact) mass is 521 g/mol. The SMILES string of the molecule is Cc1cc(N2CC(O)(C(=O)Nc3ccc(N(C)C)cn3)C2)nc2c1c(=O)c(C(=O)O)cn2-c1nccs1. The Morgan fingerprint density at radius 1 is 1.22 bits per heavy atom. The van der Waals surface area contributed by atoms with E-state index in [0.717, 1.165) is 5.69 Å². The van der Waals surface area contributed by atoms with Gasteiger partial charge in [-0.15, -0.1) is 11.3 Å². The zero-order chi connectivity index (χ0) is 26.5. The van der Waals surface area contributed by atoms with Crippen LogP contribution in [0.5, 0.6) is 0 Å². The first-order valence-corrected chi connectivity index (χ1v) is 12.1. The molecule has 37 heavy (non-hydrogen) atoms. The number of hydrogen-bond acceptors (Lipinski definition) is 10. The van der Waals surface area contributed by atoms with Crippen LogP contribution < -0.4 is 20.5 Å². The lowest BCUT2D eigenvalue weighted by molar-refractivity contribution is -0.136. The second-order valence-electron chi connectivity index (χ2n) is 9.00. The molecule has 0 bridgehead atoms. The van der Waals surface area contributed by atoms with Crippen molar-refractivity contribution in [2.75, 3.05) is 42.3 Å². The number of nitrogens with zero attached hydrogens (tertiary/aromatic N) is 6. The average Bonchev–Trinajstić information content (AvgIpc) is 3.36. The van der Waals surface area contributed by atoms with Crippen LogP contribution in [0.3, 0.4) is 0 Å². The van der Waals surface area contributed by atoms with Gasteiger partial charge in [-0.25, -0.2) is 19.7 Å². The van der Waals surface area contributed by atoms with E-state index in [1.807, 2.05) is 19.0 Å². The number of hydrogen-bond donors (Lipinski definition) is 3. The third-order valence-corrected chi connectivity index (χ3v) is 6.93. The van der Waals surface area contributed by atoms with Crippen molar-refractivity contribution in [2.24, 2.45) is 0 Å². The standard InChI is InChI=1S/C24H23N7O5S/c1-13-8-17(28-20-18(13)19(32)15(21(33)34)10-31(20)23-25-6-7-37-23)30-11-24(36,12-30)22(35)27-16-5-4-14(9-26-16)29(2)3/h4-10,36H,11-12H2,1-3H3,(H,33,34)(H,26,27,35). The molecule has 3 N–H and O–H groups in total. The van der Waals surface area contributed by atoms with Crippen molar-refractivity contribution >= 4 is 51.6 Å². The summed E-state index contributed by atoms with van der Waals surface area (Å²) in [5, 5.41) is 25.4. The number of pyridine rings is 3. The van der Waals surface area contributed by atoms with Gasteiger partial charge < -0.3 is 25.3 Å². The van der Waals surface area contributed by atoms with E-state index < -0.39 is 22.9 Å². The van der Waals surface area contributed by atoms with Crippen LogP contribution in [0.1, 0.15) is 15.9 Å². The fraction of sp³-hybridized carbons (Fsp3) is 0.250. The molecule has 0 unspecified atom stereocenters. The highest BCUT2D eigenvalue weighted by Gasteiger charge is 2.48. The molecule has 12 nitrogen and oxygen atoms in total. The number of aliphatic hydroxyl groups is 1. The number of carbonyl (C=O) groups excluding carboxylic acids is 1. The molecule has 190 valence electrons. The molecule has 1 aliphatic rings. The van der Waals surface area contributed by atoms with Crippen molar-refractivity contribution in [2.45, 2.75) is 12.5 Å². The molecule has 1 saturated heterocycles. The van der Waals surface area contributed by atoms with Gasteiger partial charge in [0.2, 0.25) is 5.43 Å². The van der Waals surface area contributed by atoms with Crippen molar-refractivity contribution in [3.05, 3.63) is 63.5 Å². The summed E-state index contributed by atoms with van der Waals surface area (Å²) in [6, 6.07) is 5.10. The van der Waals surface area contributed by atoms with E-state index in [-0.39, 0.29) is 29.7 Å². The van der Waals surface area contributed by atoms with Gasteiger partial charge in [-0.2, -0.15) is 0 Å². The number of anilines is 3. The van der Waals surface area contributed by atoms with Crippen LogP contribution in [-0.2, 0) is 4.79 Å². The highest BCUT2D eigenvalue weighted by molar-refractivity contribution is 7.12. The number of fused-ring (bicyclic) bond motifs is 1. The second kappa shape index (κ2) is 8.94. The summed E-state index contributed by atoms with van der Waals surface area (Å²) in [4.78, 5) is 54.1. The third kappa shape index (κ3) is 4.27. The molecule has 5 rings (SSSR count). The molecule has 4 aromatic rings. The third-order valence-electron chi connectivity index (χ3n) is 6.16. The maximum Gasteiger partial charge on any atom is 0.341 e. The number of β-amino-alcohol motifs (C(OH)–C–C–N with tert-alkyl or cyclic N) is 1. The van der Waals surface area contributed by atoms with Crippen molar-refractivity contribution in [1.82, 2.24) is 19.5 Å². The van der Waals surface area contributed by atoms with E-state index in [4.69, 9.17) is 0 Å². The van der Waals surface area contributed by atoms with Gasteiger partial charge in [0, 0.05) is 31.9 Å². The number of nitrogens with one attached hydrogen (secondary N) is 1. The first kappa shape index (κ1) is 24.3. The number of rotatable bonds is 6. The summed E-state index contributed by atoms with van der Waals surface area (Å²) in [6.45, 7) is 1.64. The van der Waals surface area contributed by atoms with Crippen LogP contribution in [0.2, 0.25) is 0 Å². The van der Waals surface area contributed by atoms with Gasteiger partial charge in [-0.1, -0.05) is 0 Å². The second-order valence-corrected chi connectivity index (χ2v) is 9.87. The van der Waals surface area contributed by atoms with Crippen molar-refractivity contribution in [3.8, 4) is 5.13 Å². The zero-order valence-corrected chi connectivity index (χ0v) is 21.0. The predicted octanol–water partition coefficient (Wildman–Crippen LogP) is 1.50. The number of aromatic carboxylic acids is 1. The summed E-state index contributed by atoms with van der Waals surface area (Å²) >= 11 is 1.27. The van der Waals surface area contributed by atoms with E-state index in [1.54, 1.807) is 47.8 Å². The highest BCUT2D eigenvalue weighted by Crippen LogP contribution is 2.31. The summed E-state index contributed by atoms with van der Waals surface area (Å²) in [5.74, 6) is -1.17. The maximum atomic E-state index is 12.9. The Morgan fingerprint density at radius 3 is 2.57 bits per heavy atom. The predicted molar refractivity (Wildman–Crippen MR) is 139 cm³/mol. The molecule has 4 aromatic heterocycles. The number of carbonyl (C=O) groups is 2. The number of thiazole rings is 1. The van der Waals surface area contributed by atoms with Gasteiger partial charge in [0.15, 0.2) is 16.4 Å². The van der Waals surface area contributed by atoms with Gasteiger partial charge in [0.05, 0.1) is 30.4 Å².